The zero-order valence-electron chi connectivity index (χ0n) is 12.9. The fourth-order valence-electron chi connectivity index (χ4n) is 1.79. The van der Waals surface area contributed by atoms with Crippen molar-refractivity contribution in [1.29, 1.82) is 0 Å². The summed E-state index contributed by atoms with van der Waals surface area (Å²) < 4.78 is 0. The lowest BCUT2D eigenvalue weighted by Gasteiger charge is -2.22. The lowest BCUT2D eigenvalue weighted by Crippen LogP contribution is -2.41. The van der Waals surface area contributed by atoms with E-state index in [1.165, 1.54) is 9.75 Å². The van der Waals surface area contributed by atoms with Crippen molar-refractivity contribution in [3.05, 3.63) is 21.9 Å². The van der Waals surface area contributed by atoms with E-state index in [0.29, 0.717) is 6.54 Å². The molecule has 1 aromatic heterocycles. The van der Waals surface area contributed by atoms with Crippen molar-refractivity contribution in [2.75, 3.05) is 13.6 Å². The molecular weight excluding hydrogens is 256 g/mol. The highest BCUT2D eigenvalue weighted by Gasteiger charge is 2.26. The SMILES string of the molecule is CNC(=O)C(C)(C)CNCc1ccc(C(C)(C)C)s1. The van der Waals surface area contributed by atoms with Gasteiger partial charge in [-0.1, -0.05) is 20.8 Å². The molecule has 1 rings (SSSR count). The van der Waals surface area contributed by atoms with E-state index in [4.69, 9.17) is 0 Å². The molecule has 108 valence electrons. The first kappa shape index (κ1) is 16.2. The maximum absolute atomic E-state index is 11.7. The van der Waals surface area contributed by atoms with Crippen LogP contribution in [0.2, 0.25) is 0 Å². The molecule has 0 aliphatic carbocycles. The van der Waals surface area contributed by atoms with Crippen LogP contribution in [0, 0.1) is 5.41 Å². The first-order valence-corrected chi connectivity index (χ1v) is 7.50. The van der Waals surface area contributed by atoms with Gasteiger partial charge in [0.2, 0.25) is 5.91 Å². The molecule has 3 nitrogen and oxygen atoms in total. The number of thiophene rings is 1. The van der Waals surface area contributed by atoms with E-state index in [1.54, 1.807) is 7.05 Å². The van der Waals surface area contributed by atoms with E-state index in [9.17, 15) is 4.79 Å². The summed E-state index contributed by atoms with van der Waals surface area (Å²) in [5.74, 6) is 0.0709. The van der Waals surface area contributed by atoms with Crippen LogP contribution in [0.3, 0.4) is 0 Å². The van der Waals surface area contributed by atoms with Crippen LogP contribution in [-0.2, 0) is 16.8 Å². The third kappa shape index (κ3) is 4.62. The van der Waals surface area contributed by atoms with Gasteiger partial charge in [-0.15, -0.1) is 11.3 Å². The van der Waals surface area contributed by atoms with Gasteiger partial charge in [-0.3, -0.25) is 4.79 Å². The average Bonchev–Trinajstić information content (AvgIpc) is 2.76. The zero-order valence-corrected chi connectivity index (χ0v) is 13.7. The van der Waals surface area contributed by atoms with E-state index in [0.717, 1.165) is 6.54 Å². The first-order valence-electron chi connectivity index (χ1n) is 6.69. The summed E-state index contributed by atoms with van der Waals surface area (Å²) in [7, 11) is 1.68. The molecule has 0 saturated carbocycles. The standard InChI is InChI=1S/C15H26N2OS/c1-14(2,3)12-8-7-11(19-12)9-17-10-15(4,5)13(18)16-6/h7-8,17H,9-10H2,1-6H3,(H,16,18). The molecule has 0 aliphatic heterocycles. The smallest absolute Gasteiger partial charge is 0.226 e. The summed E-state index contributed by atoms with van der Waals surface area (Å²) in [6, 6.07) is 4.37. The molecule has 0 saturated heterocycles. The number of rotatable bonds is 5. The molecule has 0 aliphatic rings. The molecule has 0 unspecified atom stereocenters. The fraction of sp³-hybridized carbons (Fsp3) is 0.667. The van der Waals surface area contributed by atoms with Gasteiger partial charge in [0.25, 0.3) is 0 Å². The molecule has 0 aromatic carbocycles. The number of nitrogens with one attached hydrogen (secondary N) is 2. The van der Waals surface area contributed by atoms with Crippen LogP contribution >= 0.6 is 11.3 Å². The Balaban J connectivity index is 2.50. The average molecular weight is 282 g/mol. The molecule has 1 heterocycles. The molecule has 1 amide bonds. The topological polar surface area (TPSA) is 41.1 Å². The van der Waals surface area contributed by atoms with E-state index in [-0.39, 0.29) is 16.7 Å². The van der Waals surface area contributed by atoms with Gasteiger partial charge in [0.15, 0.2) is 0 Å². The van der Waals surface area contributed by atoms with Gasteiger partial charge in [0.05, 0.1) is 5.41 Å². The van der Waals surface area contributed by atoms with Gasteiger partial charge >= 0.3 is 0 Å². The van der Waals surface area contributed by atoms with Gasteiger partial charge in [-0.05, 0) is 31.4 Å². The van der Waals surface area contributed by atoms with Gasteiger partial charge in [-0.25, -0.2) is 0 Å². The third-order valence-corrected chi connectivity index (χ3v) is 4.62. The third-order valence-electron chi connectivity index (χ3n) is 3.11. The Morgan fingerprint density at radius 2 is 1.84 bits per heavy atom. The van der Waals surface area contributed by atoms with Crippen molar-refractivity contribution < 1.29 is 4.79 Å². The second-order valence-corrected chi connectivity index (χ2v) is 7.75. The Bertz CT molecular complexity index is 430. The number of amides is 1. The van der Waals surface area contributed by atoms with Crippen LogP contribution in [-0.4, -0.2) is 19.5 Å². The number of hydrogen-bond donors (Lipinski definition) is 2. The van der Waals surface area contributed by atoms with Gasteiger partial charge in [0.1, 0.15) is 0 Å². The minimum absolute atomic E-state index is 0.0709. The summed E-state index contributed by atoms with van der Waals surface area (Å²) in [5.41, 5.74) is -0.164. The molecule has 2 N–H and O–H groups in total. The lowest BCUT2D eigenvalue weighted by molar-refractivity contribution is -0.128. The van der Waals surface area contributed by atoms with Crippen LogP contribution in [0.5, 0.6) is 0 Å². The van der Waals surface area contributed by atoms with Crippen molar-refractivity contribution in [2.45, 2.75) is 46.6 Å². The minimum Gasteiger partial charge on any atom is -0.359 e. The predicted molar refractivity (Wildman–Crippen MR) is 82.6 cm³/mol. The molecule has 1 aromatic rings. The van der Waals surface area contributed by atoms with Crippen molar-refractivity contribution in [3.8, 4) is 0 Å². The summed E-state index contributed by atoms with van der Waals surface area (Å²) in [4.78, 5) is 14.4. The second-order valence-electron chi connectivity index (χ2n) is 6.58. The highest BCUT2D eigenvalue weighted by atomic mass is 32.1. The Kier molecular flexibility index (Phi) is 5.16. The molecule has 4 heteroatoms. The van der Waals surface area contributed by atoms with Crippen molar-refractivity contribution in [1.82, 2.24) is 10.6 Å². The maximum Gasteiger partial charge on any atom is 0.226 e. The first-order chi connectivity index (χ1) is 8.66. The van der Waals surface area contributed by atoms with Gasteiger partial charge < -0.3 is 10.6 Å². The van der Waals surface area contributed by atoms with E-state index >= 15 is 0 Å². The van der Waals surface area contributed by atoms with E-state index < -0.39 is 0 Å². The quantitative estimate of drug-likeness (QED) is 0.872. The summed E-state index contributed by atoms with van der Waals surface area (Å²) in [6.45, 7) is 12.1. The highest BCUT2D eigenvalue weighted by molar-refractivity contribution is 7.12. The normalized spacial score (nSPS) is 12.5. The van der Waals surface area contributed by atoms with Crippen LogP contribution in [0.25, 0.3) is 0 Å². The zero-order chi connectivity index (χ0) is 14.7. The van der Waals surface area contributed by atoms with Gasteiger partial charge in [0, 0.05) is 29.9 Å². The molecule has 0 atom stereocenters. The second kappa shape index (κ2) is 6.06. The monoisotopic (exact) mass is 282 g/mol. The summed E-state index contributed by atoms with van der Waals surface area (Å²) >= 11 is 1.84. The number of hydrogen-bond acceptors (Lipinski definition) is 3. The Morgan fingerprint density at radius 1 is 1.21 bits per heavy atom. The van der Waals surface area contributed by atoms with Crippen LogP contribution in [0.4, 0.5) is 0 Å². The maximum atomic E-state index is 11.7. The Hall–Kier alpha value is -0.870. The predicted octanol–water partition coefficient (Wildman–Crippen LogP) is 2.91. The van der Waals surface area contributed by atoms with Crippen molar-refractivity contribution in [3.63, 3.8) is 0 Å². The van der Waals surface area contributed by atoms with Crippen molar-refractivity contribution in [2.24, 2.45) is 5.41 Å². The Labute approximate surface area is 120 Å². The largest absolute Gasteiger partial charge is 0.359 e. The van der Waals surface area contributed by atoms with Crippen LogP contribution in [0.1, 0.15) is 44.4 Å². The highest BCUT2D eigenvalue weighted by Crippen LogP contribution is 2.29. The lowest BCUT2D eigenvalue weighted by atomic mass is 9.92. The molecule has 19 heavy (non-hydrogen) atoms. The summed E-state index contributed by atoms with van der Waals surface area (Å²) in [5, 5.41) is 6.07. The van der Waals surface area contributed by atoms with Crippen LogP contribution in [0.15, 0.2) is 12.1 Å². The van der Waals surface area contributed by atoms with Crippen LogP contribution < -0.4 is 10.6 Å². The molecule has 0 spiro atoms. The molecule has 0 bridgehead atoms. The summed E-state index contributed by atoms with van der Waals surface area (Å²) in [6.07, 6.45) is 0. The van der Waals surface area contributed by atoms with E-state index in [1.807, 2.05) is 25.2 Å². The fourth-order valence-corrected chi connectivity index (χ4v) is 2.83. The molecule has 0 fully saturated rings. The van der Waals surface area contributed by atoms with Gasteiger partial charge in [-0.2, -0.15) is 0 Å². The molecule has 0 radical (unpaired) electrons. The Morgan fingerprint density at radius 3 is 2.32 bits per heavy atom. The van der Waals surface area contributed by atoms with Crippen molar-refractivity contribution >= 4 is 17.2 Å². The number of carbonyl (C=O) groups is 1. The minimum atomic E-state index is -0.376. The molecular formula is C15H26N2OS. The van der Waals surface area contributed by atoms with E-state index in [2.05, 4.69) is 43.5 Å². The number of carbonyl (C=O) groups excluding carboxylic acids is 1.